The monoisotopic (exact) mass is 891 g/mol. The summed E-state index contributed by atoms with van der Waals surface area (Å²) < 4.78 is 21.6. The minimum absolute atomic E-state index is 0.0812. The number of amides is 2. The first-order valence-corrected chi connectivity index (χ1v) is 25.1. The van der Waals surface area contributed by atoms with E-state index >= 15 is 0 Å². The molecular formula is C44H82N4O10S2. The van der Waals surface area contributed by atoms with Crippen molar-refractivity contribution < 1.29 is 47.7 Å². The van der Waals surface area contributed by atoms with E-state index in [-0.39, 0.29) is 62.0 Å². The predicted octanol–water partition coefficient (Wildman–Crippen LogP) is 7.26. The number of ether oxygens (including phenoxy) is 4. The summed E-state index contributed by atoms with van der Waals surface area (Å²) in [5.41, 5.74) is 0. The summed E-state index contributed by atoms with van der Waals surface area (Å²) in [5.74, 6) is -1.87. The Morgan fingerprint density at radius 3 is 1.25 bits per heavy atom. The van der Waals surface area contributed by atoms with Crippen LogP contribution in [-0.4, -0.2) is 137 Å². The smallest absolute Gasteiger partial charge is 0.329 e. The largest absolute Gasteiger partial charge is 0.466 e. The fraction of sp³-hybridized carbons (Fsp3) is 0.864. The number of carbonyl (C=O) groups is 6. The fourth-order valence-electron chi connectivity index (χ4n) is 5.84. The highest BCUT2D eigenvalue weighted by Gasteiger charge is 2.26. The van der Waals surface area contributed by atoms with Crippen LogP contribution in [0.5, 0.6) is 0 Å². The van der Waals surface area contributed by atoms with Crippen LogP contribution in [0, 0.1) is 0 Å². The standard InChI is InChI=1S/C44H82N4O10S2/c1-7-9-11-15-20-26-41(51)55-31-22-18-14-13-17-19-25-39(49)45-37(43(53)57-32-23-29-47(3)4)35-59-60-36-38(44(54)58-33-24-30-48(5)6)46-40(50)28-34-56-42(52)27-21-16-12-10-8-2/h37-38H,7-36H2,1-6H3,(H,45,49)(H,46,50)/t37-,38-/m0/s1. The first kappa shape index (κ1) is 57.4. The van der Waals surface area contributed by atoms with Crippen molar-refractivity contribution >= 4 is 57.3 Å². The molecule has 350 valence electrons. The SMILES string of the molecule is CCCCCCCC(=O)OCCCCCCCCC(=O)N[C@@H](CSSC[C@H](NC(=O)CCOC(=O)CCCCCCC)C(=O)OCCCN(C)C)C(=O)OCCCN(C)C. The number of rotatable bonds is 41. The third-order valence-electron chi connectivity index (χ3n) is 9.40. The summed E-state index contributed by atoms with van der Waals surface area (Å²) in [6, 6.07) is -1.85. The van der Waals surface area contributed by atoms with E-state index in [1.165, 1.54) is 40.9 Å². The van der Waals surface area contributed by atoms with Gasteiger partial charge in [0.2, 0.25) is 11.8 Å². The first-order valence-electron chi connectivity index (χ1n) is 22.7. The summed E-state index contributed by atoms with van der Waals surface area (Å²) in [4.78, 5) is 79.9. The highest BCUT2D eigenvalue weighted by Crippen LogP contribution is 2.24. The fourth-order valence-corrected chi connectivity index (χ4v) is 8.14. The zero-order valence-corrected chi connectivity index (χ0v) is 39.8. The number of nitrogens with zero attached hydrogens (tertiary/aromatic N) is 2. The molecule has 60 heavy (non-hydrogen) atoms. The molecule has 14 nitrogen and oxygen atoms in total. The van der Waals surface area contributed by atoms with Crippen molar-refractivity contribution in [2.75, 3.05) is 79.2 Å². The second-order valence-corrected chi connectivity index (χ2v) is 18.4. The molecule has 2 N–H and O–H groups in total. The van der Waals surface area contributed by atoms with Gasteiger partial charge in [0.25, 0.3) is 0 Å². The number of unbranched alkanes of at least 4 members (excludes halogenated alkanes) is 13. The van der Waals surface area contributed by atoms with Gasteiger partial charge in [0.1, 0.15) is 18.7 Å². The van der Waals surface area contributed by atoms with Gasteiger partial charge in [-0.1, -0.05) is 112 Å². The molecule has 0 saturated heterocycles. The zero-order valence-electron chi connectivity index (χ0n) is 38.2. The van der Waals surface area contributed by atoms with E-state index in [9.17, 15) is 28.8 Å². The van der Waals surface area contributed by atoms with Gasteiger partial charge in [0, 0.05) is 43.9 Å². The zero-order chi connectivity index (χ0) is 44.6. The summed E-state index contributed by atoms with van der Waals surface area (Å²) >= 11 is 0. The Kier molecular flexibility index (Phi) is 38.8. The van der Waals surface area contributed by atoms with Crippen molar-refractivity contribution in [3.63, 3.8) is 0 Å². The van der Waals surface area contributed by atoms with Gasteiger partial charge in [0.05, 0.1) is 26.2 Å². The summed E-state index contributed by atoms with van der Waals surface area (Å²) in [5, 5.41) is 5.57. The van der Waals surface area contributed by atoms with Crippen LogP contribution in [0.25, 0.3) is 0 Å². The molecule has 0 rings (SSSR count). The van der Waals surface area contributed by atoms with Crippen LogP contribution in [0.2, 0.25) is 0 Å². The Labute approximate surface area is 370 Å². The molecule has 0 aromatic heterocycles. The predicted molar refractivity (Wildman–Crippen MR) is 243 cm³/mol. The minimum Gasteiger partial charge on any atom is -0.466 e. The quantitative estimate of drug-likeness (QED) is 0.0272. The highest BCUT2D eigenvalue weighted by molar-refractivity contribution is 8.76. The van der Waals surface area contributed by atoms with Gasteiger partial charge in [-0.05, 0) is 66.7 Å². The number of carbonyl (C=O) groups excluding carboxylic acids is 6. The Morgan fingerprint density at radius 2 is 0.800 bits per heavy atom. The lowest BCUT2D eigenvalue weighted by atomic mass is 10.1. The summed E-state index contributed by atoms with van der Waals surface area (Å²) in [6.45, 7) is 6.57. The Balaban J connectivity index is 4.94. The van der Waals surface area contributed by atoms with Gasteiger partial charge in [-0.25, -0.2) is 9.59 Å². The molecule has 0 aromatic rings. The van der Waals surface area contributed by atoms with Crippen LogP contribution in [-0.2, 0) is 47.7 Å². The molecule has 0 saturated carbocycles. The summed E-state index contributed by atoms with van der Waals surface area (Å²) in [6.07, 6.45) is 18.1. The van der Waals surface area contributed by atoms with E-state index in [0.717, 1.165) is 90.1 Å². The molecule has 0 aliphatic heterocycles. The highest BCUT2D eigenvalue weighted by atomic mass is 33.1. The molecule has 0 bridgehead atoms. The third-order valence-corrected chi connectivity index (χ3v) is 11.8. The second kappa shape index (κ2) is 40.5. The molecule has 0 radical (unpaired) electrons. The van der Waals surface area contributed by atoms with Crippen LogP contribution in [0.4, 0.5) is 0 Å². The van der Waals surface area contributed by atoms with Crippen molar-refractivity contribution in [2.24, 2.45) is 0 Å². The molecular weight excluding hydrogens is 809 g/mol. The van der Waals surface area contributed by atoms with E-state index in [2.05, 4.69) is 24.5 Å². The molecule has 0 aliphatic carbocycles. The van der Waals surface area contributed by atoms with Gasteiger partial charge in [0.15, 0.2) is 0 Å². The van der Waals surface area contributed by atoms with Crippen molar-refractivity contribution in [1.82, 2.24) is 20.4 Å². The van der Waals surface area contributed by atoms with Crippen LogP contribution in [0.1, 0.15) is 155 Å². The van der Waals surface area contributed by atoms with Crippen molar-refractivity contribution in [3.05, 3.63) is 0 Å². The van der Waals surface area contributed by atoms with E-state index in [1.54, 1.807) is 0 Å². The molecule has 2 atom stereocenters. The number of nitrogens with one attached hydrogen (secondary N) is 2. The van der Waals surface area contributed by atoms with Gasteiger partial charge < -0.3 is 39.4 Å². The number of esters is 4. The Hall–Kier alpha value is -2.56. The maximum Gasteiger partial charge on any atom is 0.329 e. The molecule has 2 amide bonds. The molecule has 0 aliphatic rings. The maximum atomic E-state index is 13.1. The van der Waals surface area contributed by atoms with Crippen molar-refractivity contribution in [2.45, 2.75) is 167 Å². The third kappa shape index (κ3) is 37.2. The number of hydrogen-bond acceptors (Lipinski definition) is 14. The molecule has 16 heteroatoms. The van der Waals surface area contributed by atoms with E-state index in [0.29, 0.717) is 38.7 Å². The minimum atomic E-state index is -0.963. The van der Waals surface area contributed by atoms with Crippen molar-refractivity contribution in [1.29, 1.82) is 0 Å². The molecule has 0 aromatic carbocycles. The van der Waals surface area contributed by atoms with Crippen LogP contribution < -0.4 is 10.6 Å². The van der Waals surface area contributed by atoms with Crippen LogP contribution in [0.3, 0.4) is 0 Å². The topological polar surface area (TPSA) is 170 Å². The normalized spacial score (nSPS) is 12.2. The first-order chi connectivity index (χ1) is 28.9. The average molecular weight is 891 g/mol. The van der Waals surface area contributed by atoms with Gasteiger partial charge in [-0.15, -0.1) is 0 Å². The maximum absolute atomic E-state index is 13.1. The molecule has 0 spiro atoms. The molecule has 0 heterocycles. The van der Waals surface area contributed by atoms with Gasteiger partial charge in [-0.2, -0.15) is 0 Å². The average Bonchev–Trinajstić information content (AvgIpc) is 3.20. The van der Waals surface area contributed by atoms with Gasteiger partial charge >= 0.3 is 23.9 Å². The van der Waals surface area contributed by atoms with Crippen LogP contribution in [0.15, 0.2) is 0 Å². The molecule has 0 unspecified atom stereocenters. The Morgan fingerprint density at radius 1 is 0.433 bits per heavy atom. The van der Waals surface area contributed by atoms with E-state index in [4.69, 9.17) is 18.9 Å². The lowest BCUT2D eigenvalue weighted by molar-refractivity contribution is -0.148. The Bertz CT molecular complexity index is 1150. The van der Waals surface area contributed by atoms with E-state index < -0.39 is 29.9 Å². The summed E-state index contributed by atoms with van der Waals surface area (Å²) in [7, 11) is 10.3. The van der Waals surface area contributed by atoms with E-state index in [1.807, 2.05) is 38.0 Å². The molecule has 0 fully saturated rings. The van der Waals surface area contributed by atoms with Crippen molar-refractivity contribution in [3.8, 4) is 0 Å². The van der Waals surface area contributed by atoms with Gasteiger partial charge in [-0.3, -0.25) is 19.2 Å². The lowest BCUT2D eigenvalue weighted by Crippen LogP contribution is -2.44. The lowest BCUT2D eigenvalue weighted by Gasteiger charge is -2.20. The van der Waals surface area contributed by atoms with Crippen LogP contribution >= 0.6 is 21.6 Å². The second-order valence-electron chi connectivity index (χ2n) is 15.8. The number of hydrogen-bond donors (Lipinski definition) is 2.